The fourth-order valence-corrected chi connectivity index (χ4v) is 2.81. The van der Waals surface area contributed by atoms with Crippen molar-refractivity contribution < 1.29 is 9.53 Å². The van der Waals surface area contributed by atoms with Crippen LogP contribution in [-0.2, 0) is 4.74 Å². The van der Waals surface area contributed by atoms with Gasteiger partial charge < -0.3 is 15.4 Å². The summed E-state index contributed by atoms with van der Waals surface area (Å²) in [5, 5.41) is 0. The molecule has 1 heterocycles. The first-order valence-corrected chi connectivity index (χ1v) is 5.87. The van der Waals surface area contributed by atoms with Gasteiger partial charge in [-0.2, -0.15) is 4.99 Å². The third-order valence-electron chi connectivity index (χ3n) is 3.82. The smallest absolute Gasteiger partial charge is 0.346 e. The van der Waals surface area contributed by atoms with Gasteiger partial charge in [0.05, 0.1) is 6.61 Å². The molecular formula is C11H17N3O2. The third kappa shape index (κ3) is 1.21. The van der Waals surface area contributed by atoms with Crippen molar-refractivity contribution in [3.63, 3.8) is 0 Å². The first kappa shape index (κ1) is 10.1. The van der Waals surface area contributed by atoms with Gasteiger partial charge in [0, 0.05) is 13.2 Å². The van der Waals surface area contributed by atoms with Crippen molar-refractivity contribution >= 4 is 11.9 Å². The lowest BCUT2D eigenvalue weighted by Gasteiger charge is -2.38. The molecule has 1 atom stereocenters. The largest absolute Gasteiger partial charge is 0.385 e. The van der Waals surface area contributed by atoms with Crippen LogP contribution in [0.2, 0.25) is 0 Å². The van der Waals surface area contributed by atoms with Crippen LogP contribution in [0.4, 0.5) is 4.79 Å². The average Bonchev–Trinajstić information content (AvgIpc) is 3.11. The second-order valence-electron chi connectivity index (χ2n) is 5.01. The number of carbonyl (C=O) groups is 1. The van der Waals surface area contributed by atoms with Crippen LogP contribution >= 0.6 is 0 Å². The zero-order chi connectivity index (χ0) is 11.3. The average molecular weight is 223 g/mol. The Labute approximate surface area is 94.6 Å². The lowest BCUT2D eigenvalue weighted by Crippen LogP contribution is -2.59. The van der Waals surface area contributed by atoms with Crippen LogP contribution in [0.3, 0.4) is 0 Å². The lowest BCUT2D eigenvalue weighted by atomic mass is 9.91. The predicted octanol–water partition coefficient (Wildman–Crippen LogP) is 0.737. The van der Waals surface area contributed by atoms with Crippen molar-refractivity contribution in [1.29, 1.82) is 0 Å². The Morgan fingerprint density at radius 2 is 2.19 bits per heavy atom. The Bertz CT molecular complexity index is 360. The number of nitrogens with zero attached hydrogens (tertiary/aromatic N) is 2. The number of methoxy groups -OCH3 is 1. The topological polar surface area (TPSA) is 67.9 Å². The molecule has 5 heteroatoms. The van der Waals surface area contributed by atoms with Gasteiger partial charge >= 0.3 is 6.03 Å². The van der Waals surface area contributed by atoms with E-state index in [2.05, 4.69) is 4.99 Å². The van der Waals surface area contributed by atoms with Crippen molar-refractivity contribution in [2.75, 3.05) is 13.7 Å². The molecule has 2 N–H and O–H groups in total. The molecule has 0 aromatic rings. The van der Waals surface area contributed by atoms with Crippen molar-refractivity contribution in [1.82, 2.24) is 4.90 Å². The number of ether oxygens (including phenoxy) is 1. The molecule has 0 aromatic carbocycles. The molecule has 2 aliphatic carbocycles. The Morgan fingerprint density at radius 3 is 2.69 bits per heavy atom. The second-order valence-corrected chi connectivity index (χ2v) is 5.01. The number of hydrogen-bond acceptors (Lipinski definition) is 3. The molecule has 2 amide bonds. The fourth-order valence-electron chi connectivity index (χ4n) is 2.81. The summed E-state index contributed by atoms with van der Waals surface area (Å²) < 4.78 is 5.30. The lowest BCUT2D eigenvalue weighted by molar-refractivity contribution is 0.0659. The number of rotatable bonds is 4. The van der Waals surface area contributed by atoms with Gasteiger partial charge in [0.1, 0.15) is 11.4 Å². The van der Waals surface area contributed by atoms with Crippen LogP contribution < -0.4 is 5.73 Å². The maximum absolute atomic E-state index is 11.9. The van der Waals surface area contributed by atoms with Crippen LogP contribution in [0.25, 0.3) is 0 Å². The molecule has 0 radical (unpaired) electrons. The van der Waals surface area contributed by atoms with Gasteiger partial charge in [0.2, 0.25) is 0 Å². The van der Waals surface area contributed by atoms with Crippen LogP contribution in [-0.4, -0.2) is 42.1 Å². The maximum atomic E-state index is 11.9. The molecule has 0 aromatic heterocycles. The standard InChI is InChI=1S/C11H17N3O2/c1-16-6-11(7-2-3-7)9(12)13-10(15)14(11)8-4-5-8/h7-8H,2-6H2,1H3,(H2,12,13,15). The summed E-state index contributed by atoms with van der Waals surface area (Å²) in [6.07, 6.45) is 4.39. The quantitative estimate of drug-likeness (QED) is 0.764. The summed E-state index contributed by atoms with van der Waals surface area (Å²) in [4.78, 5) is 17.8. The summed E-state index contributed by atoms with van der Waals surface area (Å²) >= 11 is 0. The summed E-state index contributed by atoms with van der Waals surface area (Å²) in [6, 6.07) is 0.178. The molecular weight excluding hydrogens is 206 g/mol. The van der Waals surface area contributed by atoms with E-state index < -0.39 is 5.54 Å². The highest BCUT2D eigenvalue weighted by Gasteiger charge is 2.60. The van der Waals surface area contributed by atoms with Gasteiger partial charge in [0.25, 0.3) is 0 Å². The minimum atomic E-state index is -0.424. The van der Waals surface area contributed by atoms with Gasteiger partial charge in [-0.3, -0.25) is 0 Å². The zero-order valence-electron chi connectivity index (χ0n) is 9.48. The SMILES string of the molecule is COCC1(C2CC2)C(N)=NC(=O)N1C1CC1. The molecule has 1 unspecified atom stereocenters. The van der Waals surface area contributed by atoms with E-state index in [1.54, 1.807) is 7.11 Å². The van der Waals surface area contributed by atoms with Crippen molar-refractivity contribution in [2.24, 2.45) is 16.6 Å². The molecule has 0 saturated heterocycles. The number of urea groups is 1. The number of carbonyl (C=O) groups excluding carboxylic acids is 1. The molecule has 2 fully saturated rings. The van der Waals surface area contributed by atoms with E-state index in [0.717, 1.165) is 25.7 Å². The Balaban J connectivity index is 1.98. The van der Waals surface area contributed by atoms with Crippen molar-refractivity contribution in [3.05, 3.63) is 0 Å². The number of aliphatic imine (C=N–C) groups is 1. The van der Waals surface area contributed by atoms with E-state index in [1.807, 2.05) is 4.90 Å². The van der Waals surface area contributed by atoms with Gasteiger partial charge in [-0.25, -0.2) is 4.79 Å². The molecule has 0 bridgehead atoms. The number of nitrogens with two attached hydrogens (primary N) is 1. The van der Waals surface area contributed by atoms with E-state index >= 15 is 0 Å². The van der Waals surface area contributed by atoms with Crippen LogP contribution in [0.15, 0.2) is 4.99 Å². The maximum Gasteiger partial charge on any atom is 0.346 e. The minimum Gasteiger partial charge on any atom is -0.385 e. The molecule has 3 aliphatic rings. The van der Waals surface area contributed by atoms with Crippen LogP contribution in [0.1, 0.15) is 25.7 Å². The highest BCUT2D eigenvalue weighted by Crippen LogP contribution is 2.49. The first-order valence-electron chi connectivity index (χ1n) is 5.87. The molecule has 1 aliphatic heterocycles. The molecule has 3 rings (SSSR count). The Kier molecular flexibility index (Phi) is 2.01. The van der Waals surface area contributed by atoms with Crippen molar-refractivity contribution in [3.8, 4) is 0 Å². The second kappa shape index (κ2) is 3.20. The van der Waals surface area contributed by atoms with Crippen LogP contribution in [0, 0.1) is 5.92 Å². The number of amidine groups is 1. The van der Waals surface area contributed by atoms with E-state index in [-0.39, 0.29) is 6.03 Å². The normalized spacial score (nSPS) is 34.4. The van der Waals surface area contributed by atoms with Gasteiger partial charge in [-0.1, -0.05) is 0 Å². The van der Waals surface area contributed by atoms with E-state index in [4.69, 9.17) is 10.5 Å². The first-order chi connectivity index (χ1) is 7.70. The molecule has 88 valence electrons. The summed E-state index contributed by atoms with van der Waals surface area (Å²) in [5.41, 5.74) is 5.57. The van der Waals surface area contributed by atoms with E-state index in [0.29, 0.717) is 24.4 Å². The van der Waals surface area contributed by atoms with Gasteiger partial charge in [-0.05, 0) is 31.6 Å². The molecule has 16 heavy (non-hydrogen) atoms. The minimum absolute atomic E-state index is 0.163. The van der Waals surface area contributed by atoms with Gasteiger partial charge in [0.15, 0.2) is 0 Å². The third-order valence-corrected chi connectivity index (χ3v) is 3.82. The predicted molar refractivity (Wildman–Crippen MR) is 59.2 cm³/mol. The Hall–Kier alpha value is -1.10. The monoisotopic (exact) mass is 223 g/mol. The highest BCUT2D eigenvalue weighted by molar-refractivity contribution is 6.06. The van der Waals surface area contributed by atoms with E-state index in [9.17, 15) is 4.79 Å². The molecule has 5 nitrogen and oxygen atoms in total. The Morgan fingerprint density at radius 1 is 1.50 bits per heavy atom. The van der Waals surface area contributed by atoms with Crippen LogP contribution in [0.5, 0.6) is 0 Å². The van der Waals surface area contributed by atoms with E-state index in [1.165, 1.54) is 0 Å². The summed E-state index contributed by atoms with van der Waals surface area (Å²) in [6.45, 7) is 0.481. The van der Waals surface area contributed by atoms with Crippen molar-refractivity contribution in [2.45, 2.75) is 37.3 Å². The molecule has 0 spiro atoms. The molecule has 2 saturated carbocycles. The van der Waals surface area contributed by atoms with Gasteiger partial charge in [-0.15, -0.1) is 0 Å². The zero-order valence-corrected chi connectivity index (χ0v) is 9.48. The fraction of sp³-hybridized carbons (Fsp3) is 0.818. The number of amides is 2. The number of hydrogen-bond donors (Lipinski definition) is 1. The summed E-state index contributed by atoms with van der Waals surface area (Å²) in [7, 11) is 1.66. The highest BCUT2D eigenvalue weighted by atomic mass is 16.5. The summed E-state index contributed by atoms with van der Waals surface area (Å²) in [5.74, 6) is 0.914.